The van der Waals surface area contributed by atoms with Crippen LogP contribution in [-0.2, 0) is 18.7 Å². The van der Waals surface area contributed by atoms with Crippen molar-refractivity contribution in [3.05, 3.63) is 15.6 Å². The molecule has 0 aliphatic rings. The molecule has 1 aromatic heterocycles. The minimum absolute atomic E-state index is 0.638. The Morgan fingerprint density at radius 2 is 2.20 bits per heavy atom. The quantitative estimate of drug-likeness (QED) is 0.835. The molecule has 2 N–H and O–H groups in total. The monoisotopic (exact) mass is 244 g/mol. The highest BCUT2D eigenvalue weighted by Gasteiger charge is 2.09. The van der Waals surface area contributed by atoms with Gasteiger partial charge in [0.05, 0.1) is 5.69 Å². The molecule has 15 heavy (non-hydrogen) atoms. The van der Waals surface area contributed by atoms with Gasteiger partial charge in [-0.1, -0.05) is 27.2 Å². The highest BCUT2D eigenvalue weighted by Crippen LogP contribution is 2.24. The van der Waals surface area contributed by atoms with E-state index in [9.17, 15) is 0 Å². The van der Waals surface area contributed by atoms with Gasteiger partial charge in [0.15, 0.2) is 0 Å². The fourth-order valence-electron chi connectivity index (χ4n) is 1.33. The summed E-state index contributed by atoms with van der Waals surface area (Å²) < 4.78 is 0. The van der Waals surface area contributed by atoms with Crippen molar-refractivity contribution in [2.75, 3.05) is 0 Å². The average molecular weight is 244 g/mol. The zero-order valence-electron chi connectivity index (χ0n) is 9.75. The lowest BCUT2D eigenvalue weighted by Gasteiger charge is -2.00. The van der Waals surface area contributed by atoms with Gasteiger partial charge in [-0.15, -0.1) is 11.3 Å². The predicted octanol–water partition coefficient (Wildman–Crippen LogP) is 3.20. The maximum atomic E-state index is 5.71. The van der Waals surface area contributed by atoms with Crippen molar-refractivity contribution in [2.24, 2.45) is 5.73 Å². The molecule has 0 atom stereocenters. The molecule has 1 heterocycles. The Hall–Kier alpha value is -0.0600. The lowest BCUT2D eigenvalue weighted by molar-refractivity contribution is 0.866. The average Bonchev–Trinajstić information content (AvgIpc) is 2.58. The largest absolute Gasteiger partial charge is 0.326 e. The minimum atomic E-state index is 0.638. The lowest BCUT2D eigenvalue weighted by Crippen LogP contribution is -1.98. The number of hydrogen-bond donors (Lipinski definition) is 1. The van der Waals surface area contributed by atoms with Gasteiger partial charge in [-0.3, -0.25) is 0 Å². The Morgan fingerprint density at radius 3 is 2.73 bits per heavy atom. The van der Waals surface area contributed by atoms with Crippen molar-refractivity contribution in [1.29, 1.82) is 0 Å². The van der Waals surface area contributed by atoms with E-state index in [-0.39, 0.29) is 0 Å². The molecule has 2 nitrogen and oxygen atoms in total. The predicted molar refractivity (Wildman–Crippen MR) is 70.4 cm³/mol. The molecule has 0 aromatic carbocycles. The van der Waals surface area contributed by atoms with Crippen LogP contribution in [0.1, 0.15) is 42.8 Å². The molecular formula is C11H20N2S2. The first kappa shape index (κ1) is 13.0. The van der Waals surface area contributed by atoms with Gasteiger partial charge >= 0.3 is 0 Å². The molecule has 1 rings (SSSR count). The highest BCUT2D eigenvalue weighted by atomic mass is 32.2. The van der Waals surface area contributed by atoms with Gasteiger partial charge in [0.25, 0.3) is 0 Å². The SMILES string of the molecule is CCCc1nc(CSC(C)C)sc1CN. The Morgan fingerprint density at radius 1 is 1.47 bits per heavy atom. The minimum Gasteiger partial charge on any atom is -0.326 e. The number of aryl methyl sites for hydroxylation is 1. The van der Waals surface area contributed by atoms with Crippen LogP contribution >= 0.6 is 23.1 Å². The molecule has 4 heteroatoms. The van der Waals surface area contributed by atoms with E-state index in [0.29, 0.717) is 11.8 Å². The van der Waals surface area contributed by atoms with E-state index < -0.39 is 0 Å². The van der Waals surface area contributed by atoms with Crippen molar-refractivity contribution in [3.8, 4) is 0 Å². The molecular weight excluding hydrogens is 224 g/mol. The Bertz CT molecular complexity index is 295. The van der Waals surface area contributed by atoms with Crippen molar-refractivity contribution >= 4 is 23.1 Å². The van der Waals surface area contributed by atoms with Crippen LogP contribution in [0.3, 0.4) is 0 Å². The molecule has 0 aliphatic carbocycles. The molecule has 0 radical (unpaired) electrons. The van der Waals surface area contributed by atoms with Crippen LogP contribution in [0.2, 0.25) is 0 Å². The van der Waals surface area contributed by atoms with Gasteiger partial charge in [-0.25, -0.2) is 4.98 Å². The maximum absolute atomic E-state index is 5.71. The smallest absolute Gasteiger partial charge is 0.103 e. The molecule has 0 saturated heterocycles. The van der Waals surface area contributed by atoms with Crippen LogP contribution in [-0.4, -0.2) is 10.2 Å². The third-order valence-electron chi connectivity index (χ3n) is 2.03. The first-order valence-electron chi connectivity index (χ1n) is 5.46. The van der Waals surface area contributed by atoms with Crippen LogP contribution in [0.4, 0.5) is 0 Å². The van der Waals surface area contributed by atoms with Gasteiger partial charge in [0, 0.05) is 17.2 Å². The molecule has 86 valence electrons. The van der Waals surface area contributed by atoms with E-state index in [1.54, 1.807) is 11.3 Å². The zero-order chi connectivity index (χ0) is 11.3. The lowest BCUT2D eigenvalue weighted by atomic mass is 10.2. The summed E-state index contributed by atoms with van der Waals surface area (Å²) in [5.74, 6) is 1.03. The standard InChI is InChI=1S/C11H20N2S2/c1-4-5-9-10(6-12)15-11(13-9)7-14-8(2)3/h8H,4-7,12H2,1-3H3. The fourth-order valence-corrected chi connectivity index (χ4v) is 3.10. The zero-order valence-corrected chi connectivity index (χ0v) is 11.4. The molecule has 0 saturated carbocycles. The first-order chi connectivity index (χ1) is 7.17. The molecule has 0 amide bonds. The van der Waals surface area contributed by atoms with E-state index in [0.717, 1.165) is 18.6 Å². The topological polar surface area (TPSA) is 38.9 Å². The molecule has 0 aliphatic heterocycles. The highest BCUT2D eigenvalue weighted by molar-refractivity contribution is 7.99. The van der Waals surface area contributed by atoms with E-state index in [1.807, 2.05) is 11.8 Å². The second-order valence-corrected chi connectivity index (χ2v) is 6.52. The van der Waals surface area contributed by atoms with E-state index in [2.05, 4.69) is 25.8 Å². The van der Waals surface area contributed by atoms with Crippen LogP contribution in [0.15, 0.2) is 0 Å². The van der Waals surface area contributed by atoms with E-state index in [4.69, 9.17) is 5.73 Å². The number of aromatic nitrogens is 1. The number of nitrogens with zero attached hydrogens (tertiary/aromatic N) is 1. The van der Waals surface area contributed by atoms with Gasteiger partial charge in [-0.2, -0.15) is 11.8 Å². The van der Waals surface area contributed by atoms with Gasteiger partial charge < -0.3 is 5.73 Å². The summed E-state index contributed by atoms with van der Waals surface area (Å²) in [6.45, 7) is 7.26. The van der Waals surface area contributed by atoms with Gasteiger partial charge in [0.1, 0.15) is 5.01 Å². The molecule has 0 spiro atoms. The summed E-state index contributed by atoms with van der Waals surface area (Å²) in [6.07, 6.45) is 2.21. The molecule has 1 aromatic rings. The van der Waals surface area contributed by atoms with Crippen LogP contribution < -0.4 is 5.73 Å². The Balaban J connectivity index is 2.65. The van der Waals surface area contributed by atoms with Crippen molar-refractivity contribution < 1.29 is 0 Å². The number of thioether (sulfide) groups is 1. The number of rotatable bonds is 6. The molecule has 0 unspecified atom stereocenters. The first-order valence-corrected chi connectivity index (χ1v) is 7.33. The Kier molecular flexibility index (Phi) is 5.64. The summed E-state index contributed by atoms with van der Waals surface area (Å²) in [5.41, 5.74) is 6.94. The number of nitrogens with two attached hydrogens (primary N) is 1. The van der Waals surface area contributed by atoms with Crippen molar-refractivity contribution in [2.45, 2.75) is 51.2 Å². The summed E-state index contributed by atoms with van der Waals surface area (Å²) >= 11 is 3.73. The molecule has 0 fully saturated rings. The number of thiazole rings is 1. The Labute approximate surface area is 101 Å². The molecule has 0 bridgehead atoms. The summed E-state index contributed by atoms with van der Waals surface area (Å²) in [7, 11) is 0. The maximum Gasteiger partial charge on any atom is 0.103 e. The van der Waals surface area contributed by atoms with Gasteiger partial charge in [0.2, 0.25) is 0 Å². The van der Waals surface area contributed by atoms with Crippen molar-refractivity contribution in [1.82, 2.24) is 4.98 Å². The third-order valence-corrected chi connectivity index (χ3v) is 4.44. The summed E-state index contributed by atoms with van der Waals surface area (Å²) in [6, 6.07) is 0. The number of hydrogen-bond acceptors (Lipinski definition) is 4. The van der Waals surface area contributed by atoms with Crippen LogP contribution in [0, 0.1) is 0 Å². The second kappa shape index (κ2) is 6.51. The van der Waals surface area contributed by atoms with Crippen LogP contribution in [0.5, 0.6) is 0 Å². The third kappa shape index (κ3) is 4.13. The normalized spacial score (nSPS) is 11.3. The summed E-state index contributed by atoms with van der Waals surface area (Å²) in [5, 5.41) is 1.91. The summed E-state index contributed by atoms with van der Waals surface area (Å²) in [4.78, 5) is 5.93. The van der Waals surface area contributed by atoms with Crippen LogP contribution in [0.25, 0.3) is 0 Å². The van der Waals surface area contributed by atoms with E-state index in [1.165, 1.54) is 15.6 Å². The fraction of sp³-hybridized carbons (Fsp3) is 0.727. The van der Waals surface area contributed by atoms with E-state index >= 15 is 0 Å². The second-order valence-electron chi connectivity index (χ2n) is 3.79. The van der Waals surface area contributed by atoms with Crippen molar-refractivity contribution in [3.63, 3.8) is 0 Å². The van der Waals surface area contributed by atoms with Gasteiger partial charge in [-0.05, 0) is 11.7 Å².